The first kappa shape index (κ1) is 22.8. The topological polar surface area (TPSA) is 107 Å². The molecule has 2 atom stereocenters. The second-order valence-corrected chi connectivity index (χ2v) is 6.21. The lowest BCUT2D eigenvalue weighted by atomic mass is 10.0. The summed E-state index contributed by atoms with van der Waals surface area (Å²) in [6.45, 7) is 6.87. The SMILES string of the molecule is CC(=O)[C@H](NC(=O)c1ccccc1)C(C)C.CCC(C[O-])CC(=O)O. The molecule has 1 rings (SSSR count). The van der Waals surface area contributed by atoms with Gasteiger partial charge in [-0.3, -0.25) is 14.4 Å². The van der Waals surface area contributed by atoms with E-state index in [0.29, 0.717) is 12.0 Å². The van der Waals surface area contributed by atoms with Crippen LogP contribution >= 0.6 is 0 Å². The van der Waals surface area contributed by atoms with Crippen LogP contribution < -0.4 is 10.4 Å². The third-order valence-corrected chi connectivity index (χ3v) is 3.70. The Bertz CT molecular complexity index is 538. The number of amides is 1. The van der Waals surface area contributed by atoms with Gasteiger partial charge in [0.2, 0.25) is 0 Å². The van der Waals surface area contributed by atoms with Crippen LogP contribution in [-0.4, -0.2) is 35.4 Å². The van der Waals surface area contributed by atoms with Gasteiger partial charge in [-0.15, -0.1) is 6.61 Å². The zero-order valence-corrected chi connectivity index (χ0v) is 15.3. The van der Waals surface area contributed by atoms with Gasteiger partial charge in [-0.25, -0.2) is 0 Å². The molecule has 6 nitrogen and oxygen atoms in total. The lowest BCUT2D eigenvalue weighted by Gasteiger charge is -2.19. The minimum absolute atomic E-state index is 0.0139. The Morgan fingerprint density at radius 3 is 2.04 bits per heavy atom. The van der Waals surface area contributed by atoms with E-state index >= 15 is 0 Å². The van der Waals surface area contributed by atoms with Gasteiger partial charge in [0.1, 0.15) is 0 Å². The number of ketones is 1. The summed E-state index contributed by atoms with van der Waals surface area (Å²) in [6.07, 6.45) is 0.676. The van der Waals surface area contributed by atoms with E-state index in [2.05, 4.69) is 5.32 Å². The number of carboxylic acid groups (broad SMARTS) is 1. The van der Waals surface area contributed by atoms with Crippen molar-refractivity contribution in [3.63, 3.8) is 0 Å². The van der Waals surface area contributed by atoms with Gasteiger partial charge in [-0.2, -0.15) is 0 Å². The van der Waals surface area contributed by atoms with E-state index < -0.39 is 12.0 Å². The first-order valence-corrected chi connectivity index (χ1v) is 8.39. The highest BCUT2D eigenvalue weighted by Crippen LogP contribution is 2.06. The Morgan fingerprint density at radius 1 is 1.16 bits per heavy atom. The number of carboxylic acids is 1. The fraction of sp³-hybridized carbons (Fsp3) is 0.526. The standard InChI is InChI=1S/C13H17NO2.C6H11O3/c1-9(2)12(10(3)15)14-13(16)11-7-5-4-6-8-11;1-2-5(4-7)3-6(8)9/h4-9,12H,1-3H3,(H,14,16);5H,2-4H2,1H3,(H,8,9)/q;-1/t12-;/m1./s1. The maximum atomic E-state index is 11.8. The van der Waals surface area contributed by atoms with Crippen molar-refractivity contribution >= 4 is 17.7 Å². The molecule has 0 spiro atoms. The van der Waals surface area contributed by atoms with Gasteiger partial charge in [0.05, 0.1) is 6.04 Å². The number of hydrogen-bond donors (Lipinski definition) is 2. The van der Waals surface area contributed by atoms with E-state index in [-0.39, 0.29) is 36.6 Å². The zero-order valence-electron chi connectivity index (χ0n) is 15.3. The number of benzene rings is 1. The van der Waals surface area contributed by atoms with E-state index in [4.69, 9.17) is 5.11 Å². The Morgan fingerprint density at radius 2 is 1.72 bits per heavy atom. The largest absolute Gasteiger partial charge is 0.854 e. The molecule has 0 radical (unpaired) electrons. The summed E-state index contributed by atoms with van der Waals surface area (Å²) < 4.78 is 0. The Hall–Kier alpha value is -2.21. The number of carbonyl (C=O) groups excluding carboxylic acids is 2. The van der Waals surface area contributed by atoms with Crippen LogP contribution in [0.5, 0.6) is 0 Å². The summed E-state index contributed by atoms with van der Waals surface area (Å²) >= 11 is 0. The molecule has 0 saturated carbocycles. The third kappa shape index (κ3) is 9.62. The Kier molecular flexibility index (Phi) is 11.1. The van der Waals surface area contributed by atoms with Crippen molar-refractivity contribution in [3.8, 4) is 0 Å². The highest BCUT2D eigenvalue weighted by atomic mass is 16.4. The van der Waals surface area contributed by atoms with Gasteiger partial charge in [-0.1, -0.05) is 45.4 Å². The van der Waals surface area contributed by atoms with E-state index in [0.717, 1.165) is 0 Å². The van der Waals surface area contributed by atoms with Gasteiger partial charge in [-0.05, 0) is 30.9 Å². The average Bonchev–Trinajstić information content (AvgIpc) is 2.57. The van der Waals surface area contributed by atoms with Crippen LogP contribution in [0, 0.1) is 11.8 Å². The second-order valence-electron chi connectivity index (χ2n) is 6.21. The Balaban J connectivity index is 0.000000547. The molecule has 1 amide bonds. The van der Waals surface area contributed by atoms with Gasteiger partial charge in [0.15, 0.2) is 5.78 Å². The lowest BCUT2D eigenvalue weighted by Crippen LogP contribution is -2.43. The highest BCUT2D eigenvalue weighted by Gasteiger charge is 2.20. The monoisotopic (exact) mass is 350 g/mol. The molecular formula is C19H28NO5-. The van der Waals surface area contributed by atoms with Crippen LogP contribution in [0.2, 0.25) is 0 Å². The molecule has 1 aromatic rings. The maximum Gasteiger partial charge on any atom is 0.303 e. The van der Waals surface area contributed by atoms with Gasteiger partial charge in [0, 0.05) is 12.0 Å². The molecule has 6 heteroatoms. The molecule has 0 bridgehead atoms. The van der Waals surface area contributed by atoms with Crippen molar-refractivity contribution in [1.82, 2.24) is 5.32 Å². The number of Topliss-reactive ketones (excluding diaryl/α,β-unsaturated/α-hetero) is 1. The quantitative estimate of drug-likeness (QED) is 0.744. The van der Waals surface area contributed by atoms with Gasteiger partial charge >= 0.3 is 5.97 Å². The zero-order chi connectivity index (χ0) is 19.4. The van der Waals surface area contributed by atoms with Crippen molar-refractivity contribution in [1.29, 1.82) is 0 Å². The molecule has 0 saturated heterocycles. The van der Waals surface area contributed by atoms with Crippen molar-refractivity contribution in [2.24, 2.45) is 11.8 Å². The van der Waals surface area contributed by atoms with Gasteiger partial charge in [0.25, 0.3) is 5.91 Å². The van der Waals surface area contributed by atoms with Crippen molar-refractivity contribution in [2.45, 2.75) is 46.6 Å². The number of aliphatic carboxylic acids is 1. The molecule has 25 heavy (non-hydrogen) atoms. The third-order valence-electron chi connectivity index (χ3n) is 3.70. The van der Waals surface area contributed by atoms with Crippen LogP contribution in [0.3, 0.4) is 0 Å². The summed E-state index contributed by atoms with van der Waals surface area (Å²) in [7, 11) is 0. The first-order chi connectivity index (χ1) is 11.7. The molecule has 1 unspecified atom stereocenters. The van der Waals surface area contributed by atoms with Crippen molar-refractivity contribution in [2.75, 3.05) is 6.61 Å². The van der Waals surface area contributed by atoms with Crippen LogP contribution in [-0.2, 0) is 9.59 Å². The molecule has 140 valence electrons. The normalized spacial score (nSPS) is 12.6. The Labute approximate surface area is 149 Å². The van der Waals surface area contributed by atoms with E-state index in [1.807, 2.05) is 26.8 Å². The van der Waals surface area contributed by atoms with Crippen LogP contribution in [0.25, 0.3) is 0 Å². The van der Waals surface area contributed by atoms with Gasteiger partial charge < -0.3 is 15.5 Å². The molecule has 1 aromatic carbocycles. The number of rotatable bonds is 8. The summed E-state index contributed by atoms with van der Waals surface area (Å²) in [5.41, 5.74) is 0.578. The van der Waals surface area contributed by atoms with E-state index in [9.17, 15) is 19.5 Å². The predicted octanol–water partition coefficient (Wildman–Crippen LogP) is 1.88. The fourth-order valence-electron chi connectivity index (χ4n) is 2.12. The number of hydrogen-bond acceptors (Lipinski definition) is 4. The smallest absolute Gasteiger partial charge is 0.303 e. The molecule has 0 aromatic heterocycles. The first-order valence-electron chi connectivity index (χ1n) is 8.39. The maximum absolute atomic E-state index is 11.8. The van der Waals surface area contributed by atoms with Crippen molar-refractivity contribution in [3.05, 3.63) is 35.9 Å². The summed E-state index contributed by atoms with van der Waals surface area (Å²) in [4.78, 5) is 33.1. The number of carbonyl (C=O) groups is 3. The van der Waals surface area contributed by atoms with Crippen LogP contribution in [0.15, 0.2) is 30.3 Å². The molecule has 0 heterocycles. The molecule has 0 aliphatic rings. The summed E-state index contributed by atoms with van der Waals surface area (Å²) in [6, 6.07) is 8.49. The van der Waals surface area contributed by atoms with Crippen molar-refractivity contribution < 1.29 is 24.6 Å². The minimum atomic E-state index is -0.877. The molecule has 0 aliphatic heterocycles. The molecule has 2 N–H and O–H groups in total. The summed E-state index contributed by atoms with van der Waals surface area (Å²) in [5, 5.41) is 21.1. The van der Waals surface area contributed by atoms with E-state index in [1.165, 1.54) is 6.92 Å². The molecular weight excluding hydrogens is 322 g/mol. The van der Waals surface area contributed by atoms with Crippen LogP contribution in [0.1, 0.15) is 50.9 Å². The predicted molar refractivity (Wildman–Crippen MR) is 94.1 cm³/mol. The van der Waals surface area contributed by atoms with Crippen LogP contribution in [0.4, 0.5) is 0 Å². The number of nitrogens with one attached hydrogen (secondary N) is 1. The second kappa shape index (κ2) is 12.2. The molecule has 0 aliphatic carbocycles. The summed E-state index contributed by atoms with van der Waals surface area (Å²) in [5.74, 6) is -1.17. The molecule has 0 fully saturated rings. The average molecular weight is 350 g/mol. The highest BCUT2D eigenvalue weighted by molar-refractivity contribution is 5.97. The lowest BCUT2D eigenvalue weighted by molar-refractivity contribution is -0.379. The fourth-order valence-corrected chi connectivity index (χ4v) is 2.12. The van der Waals surface area contributed by atoms with E-state index in [1.54, 1.807) is 24.3 Å². The minimum Gasteiger partial charge on any atom is -0.854 e.